The zero-order chi connectivity index (χ0) is 27.2. The standard InChI is InChI=1S/C12H36O17Si6/c1-13-31(14-2,15-3)25-30-26-35(27-32(16-4,17-5)18-6,28-33(19-7,20-8)21-9)29-34(22-10,23-11)24-12/h1-12H3. The number of rotatable bonds is 22. The molecular weight excluding hydrogens is 585 g/mol. The van der Waals surface area contributed by atoms with Crippen LogP contribution in [0.15, 0.2) is 0 Å². The van der Waals surface area contributed by atoms with Gasteiger partial charge in [-0.3, -0.25) is 0 Å². The van der Waals surface area contributed by atoms with Crippen LogP contribution >= 0.6 is 0 Å². The van der Waals surface area contributed by atoms with Crippen molar-refractivity contribution < 1.29 is 73.7 Å². The van der Waals surface area contributed by atoms with Crippen molar-refractivity contribution in [3.8, 4) is 0 Å². The first-order valence-electron chi connectivity index (χ1n) is 9.39. The fourth-order valence-electron chi connectivity index (χ4n) is 2.21. The molecule has 0 aliphatic rings. The van der Waals surface area contributed by atoms with Crippen LogP contribution in [0.1, 0.15) is 0 Å². The normalized spacial score (nSPS) is 14.1. The van der Waals surface area contributed by atoms with Crippen molar-refractivity contribution in [3.05, 3.63) is 0 Å². The molecule has 0 aliphatic heterocycles. The van der Waals surface area contributed by atoms with Crippen LogP contribution in [0.4, 0.5) is 0 Å². The molecule has 0 aromatic carbocycles. The third-order valence-electron chi connectivity index (χ3n) is 4.08. The molecule has 0 saturated carbocycles. The summed E-state index contributed by atoms with van der Waals surface area (Å²) < 4.78 is 93.9. The summed E-state index contributed by atoms with van der Waals surface area (Å²) in [4.78, 5) is 0. The van der Waals surface area contributed by atoms with Gasteiger partial charge in [0.2, 0.25) is 0 Å². The van der Waals surface area contributed by atoms with E-state index in [0.29, 0.717) is 0 Å². The van der Waals surface area contributed by atoms with Crippen molar-refractivity contribution in [1.82, 2.24) is 0 Å². The molecule has 0 rings (SSSR count). The molecule has 23 heteroatoms. The molecule has 0 amide bonds. The Kier molecular flexibility index (Phi) is 16.8. The van der Waals surface area contributed by atoms with E-state index < -0.39 is 55.2 Å². The molecule has 17 nitrogen and oxygen atoms in total. The minimum atomic E-state index is -4.73. The molecule has 35 heavy (non-hydrogen) atoms. The Hall–Kier alpha value is 0.621. The maximum absolute atomic E-state index is 6.06. The van der Waals surface area contributed by atoms with E-state index in [2.05, 4.69) is 0 Å². The second-order valence-electron chi connectivity index (χ2n) is 5.54. The monoisotopic (exact) mass is 620 g/mol. The van der Waals surface area contributed by atoms with E-state index in [1.165, 1.54) is 85.3 Å². The molecule has 0 aromatic rings. The van der Waals surface area contributed by atoms with Crippen molar-refractivity contribution in [1.29, 1.82) is 0 Å². The van der Waals surface area contributed by atoms with Gasteiger partial charge in [-0.25, -0.2) is 0 Å². The number of hydrogen-bond acceptors (Lipinski definition) is 17. The van der Waals surface area contributed by atoms with E-state index in [1.807, 2.05) is 0 Å². The summed E-state index contributed by atoms with van der Waals surface area (Å²) >= 11 is 0. The average molecular weight is 621 g/mol. The van der Waals surface area contributed by atoms with Gasteiger partial charge in [0.25, 0.3) is 0 Å². The van der Waals surface area contributed by atoms with Gasteiger partial charge in [-0.05, 0) is 0 Å². The molecule has 0 bridgehead atoms. The topological polar surface area (TPSA) is 157 Å². The Morgan fingerprint density at radius 3 is 0.686 bits per heavy atom. The quantitative estimate of drug-likeness (QED) is 0.129. The second-order valence-corrected chi connectivity index (χ2v) is 19.7. The Morgan fingerprint density at radius 2 is 0.486 bits per heavy atom. The Labute approximate surface area is 214 Å². The van der Waals surface area contributed by atoms with Crippen LogP contribution in [0.25, 0.3) is 0 Å². The highest BCUT2D eigenvalue weighted by Gasteiger charge is 2.69. The van der Waals surface area contributed by atoms with Gasteiger partial charge in [-0.2, -0.15) is 0 Å². The van der Waals surface area contributed by atoms with E-state index in [9.17, 15) is 0 Å². The summed E-state index contributed by atoms with van der Waals surface area (Å²) in [7, 11) is -5.56. The van der Waals surface area contributed by atoms with Gasteiger partial charge < -0.3 is 73.7 Å². The van der Waals surface area contributed by atoms with Gasteiger partial charge in [0, 0.05) is 85.3 Å². The lowest BCUT2D eigenvalue weighted by Crippen LogP contribution is -2.71. The molecule has 0 saturated heterocycles. The van der Waals surface area contributed by atoms with Crippen LogP contribution in [0.5, 0.6) is 0 Å². The third-order valence-corrected chi connectivity index (χ3v) is 18.8. The molecule has 0 N–H and O–H groups in total. The zero-order valence-corrected chi connectivity index (χ0v) is 27.9. The van der Waals surface area contributed by atoms with Crippen molar-refractivity contribution >= 4 is 55.2 Å². The maximum atomic E-state index is 6.06. The highest BCUT2D eigenvalue weighted by molar-refractivity contribution is 6.81. The van der Waals surface area contributed by atoms with E-state index >= 15 is 0 Å². The highest BCUT2D eigenvalue weighted by Crippen LogP contribution is 2.29. The minimum Gasteiger partial charge on any atom is -0.370 e. The predicted molar refractivity (Wildman–Crippen MR) is 124 cm³/mol. The van der Waals surface area contributed by atoms with Crippen LogP contribution in [-0.2, 0) is 73.7 Å². The van der Waals surface area contributed by atoms with E-state index in [-0.39, 0.29) is 0 Å². The first-order chi connectivity index (χ1) is 16.6. The van der Waals surface area contributed by atoms with Gasteiger partial charge in [0.1, 0.15) is 0 Å². The summed E-state index contributed by atoms with van der Waals surface area (Å²) in [6.07, 6.45) is 0. The fraction of sp³-hybridized carbons (Fsp3) is 1.00. The largest absolute Gasteiger partial charge is 0.673 e. The summed E-state index contributed by atoms with van der Waals surface area (Å²) in [6, 6.07) is 0. The average Bonchev–Trinajstić information content (AvgIpc) is 2.92. The Balaban J connectivity index is 6.72. The van der Waals surface area contributed by atoms with Crippen LogP contribution in [0.2, 0.25) is 0 Å². The molecular formula is C12H36O17Si6. The van der Waals surface area contributed by atoms with E-state index in [4.69, 9.17) is 73.7 Å². The van der Waals surface area contributed by atoms with Crippen LogP contribution in [-0.4, -0.2) is 141 Å². The van der Waals surface area contributed by atoms with Crippen LogP contribution in [0, 0.1) is 0 Å². The predicted octanol–water partition coefficient (Wildman–Crippen LogP) is -1.46. The molecule has 0 fully saturated rings. The van der Waals surface area contributed by atoms with Crippen LogP contribution < -0.4 is 0 Å². The highest BCUT2D eigenvalue weighted by atomic mass is 28.6. The molecule has 0 aromatic heterocycles. The van der Waals surface area contributed by atoms with Gasteiger partial charge in [0.15, 0.2) is 0 Å². The van der Waals surface area contributed by atoms with Gasteiger partial charge in [-0.15, -0.1) is 0 Å². The van der Waals surface area contributed by atoms with Gasteiger partial charge in [0.05, 0.1) is 0 Å². The lowest BCUT2D eigenvalue weighted by atomic mass is 11.8. The summed E-state index contributed by atoms with van der Waals surface area (Å²) in [5.74, 6) is 0. The Morgan fingerprint density at radius 1 is 0.286 bits per heavy atom. The van der Waals surface area contributed by atoms with E-state index in [1.54, 1.807) is 0 Å². The van der Waals surface area contributed by atoms with Crippen molar-refractivity contribution in [3.63, 3.8) is 0 Å². The summed E-state index contributed by atoms with van der Waals surface area (Å²) in [5.41, 5.74) is 0. The molecule has 0 unspecified atom stereocenters. The van der Waals surface area contributed by atoms with Crippen LogP contribution in [0.3, 0.4) is 0 Å². The second kappa shape index (κ2) is 16.6. The zero-order valence-electron chi connectivity index (χ0n) is 21.9. The molecule has 0 heterocycles. The summed E-state index contributed by atoms with van der Waals surface area (Å²) in [5, 5.41) is 0. The minimum absolute atomic E-state index is 0.934. The first-order valence-corrected chi connectivity index (χ1v) is 18.4. The SMILES string of the molecule is CO[Si](OC)(OC)O[Si]O[Si](O[Si](OC)(OC)OC)(O[Si](OC)(OC)OC)O[Si](OC)(OC)OC. The van der Waals surface area contributed by atoms with Crippen molar-refractivity contribution in [2.75, 3.05) is 85.3 Å². The Bertz CT molecular complexity index is 474. The fourth-order valence-corrected chi connectivity index (χ4v) is 16.5. The van der Waals surface area contributed by atoms with Crippen molar-refractivity contribution in [2.24, 2.45) is 0 Å². The summed E-state index contributed by atoms with van der Waals surface area (Å²) in [6.45, 7) is 0. The lowest BCUT2D eigenvalue weighted by molar-refractivity contribution is -0.0516. The van der Waals surface area contributed by atoms with E-state index in [0.717, 1.165) is 0 Å². The van der Waals surface area contributed by atoms with Crippen molar-refractivity contribution in [2.45, 2.75) is 0 Å². The first kappa shape index (κ1) is 35.6. The van der Waals surface area contributed by atoms with Gasteiger partial charge in [-0.1, -0.05) is 0 Å². The molecule has 0 atom stereocenters. The van der Waals surface area contributed by atoms with Gasteiger partial charge >= 0.3 is 55.2 Å². The molecule has 210 valence electrons. The number of hydrogen-bond donors (Lipinski definition) is 0. The molecule has 0 spiro atoms. The maximum Gasteiger partial charge on any atom is 0.673 e. The third kappa shape index (κ3) is 9.40. The molecule has 2 radical (unpaired) electrons. The molecule has 0 aliphatic carbocycles. The lowest BCUT2D eigenvalue weighted by Gasteiger charge is -2.39. The smallest absolute Gasteiger partial charge is 0.370 e.